The second-order valence-corrected chi connectivity index (χ2v) is 11.0. The summed E-state index contributed by atoms with van der Waals surface area (Å²) >= 11 is 0. The van der Waals surface area contributed by atoms with Crippen molar-refractivity contribution in [1.29, 1.82) is 0 Å². The first kappa shape index (κ1) is 24.9. The third-order valence-electron chi connectivity index (χ3n) is 6.48. The van der Waals surface area contributed by atoms with E-state index in [1.807, 2.05) is 0 Å². The highest BCUT2D eigenvalue weighted by Crippen LogP contribution is 2.26. The lowest BCUT2D eigenvalue weighted by Crippen LogP contribution is -2.30. The minimum absolute atomic E-state index is 0.181. The lowest BCUT2D eigenvalue weighted by molar-refractivity contribution is -0.114. The fourth-order valence-corrected chi connectivity index (χ4v) is 5.87. The van der Waals surface area contributed by atoms with E-state index in [4.69, 9.17) is 0 Å². The maximum Gasteiger partial charge on any atom is 0.240 e. The molecule has 35 heavy (non-hydrogen) atoms. The van der Waals surface area contributed by atoms with E-state index in [1.165, 1.54) is 29.3 Å². The van der Waals surface area contributed by atoms with Crippen LogP contribution in [0.1, 0.15) is 41.2 Å². The Morgan fingerprint density at radius 2 is 1.63 bits per heavy atom. The van der Waals surface area contributed by atoms with Gasteiger partial charge in [-0.1, -0.05) is 36.4 Å². The van der Waals surface area contributed by atoms with Crippen molar-refractivity contribution in [1.82, 2.24) is 4.72 Å². The highest BCUT2D eigenvalue weighted by molar-refractivity contribution is 7.89. The van der Waals surface area contributed by atoms with Gasteiger partial charge in [-0.15, -0.1) is 0 Å². The molecule has 7 heteroatoms. The summed E-state index contributed by atoms with van der Waals surface area (Å²) in [7, 11) is -3.62. The van der Waals surface area contributed by atoms with Crippen LogP contribution in [0.4, 0.5) is 11.4 Å². The molecular formula is C28H33N3O3S. The molecule has 1 aliphatic heterocycles. The average Bonchev–Trinajstić information content (AvgIpc) is 2.84. The molecular weight excluding hydrogens is 458 g/mol. The molecule has 3 aromatic rings. The van der Waals surface area contributed by atoms with E-state index >= 15 is 0 Å². The molecule has 6 nitrogen and oxygen atoms in total. The first-order chi connectivity index (χ1) is 16.7. The molecule has 0 bridgehead atoms. The predicted molar refractivity (Wildman–Crippen MR) is 141 cm³/mol. The summed E-state index contributed by atoms with van der Waals surface area (Å²) in [6.45, 7) is 7.34. The van der Waals surface area contributed by atoms with Gasteiger partial charge in [-0.25, -0.2) is 13.1 Å². The van der Waals surface area contributed by atoms with Crippen LogP contribution in [0.3, 0.4) is 0 Å². The molecule has 184 valence electrons. The van der Waals surface area contributed by atoms with Crippen molar-refractivity contribution in [3.05, 3.63) is 88.5 Å². The van der Waals surface area contributed by atoms with E-state index < -0.39 is 10.0 Å². The summed E-state index contributed by atoms with van der Waals surface area (Å²) in [4.78, 5) is 14.0. The minimum atomic E-state index is -3.62. The van der Waals surface area contributed by atoms with Gasteiger partial charge in [0.25, 0.3) is 0 Å². The summed E-state index contributed by atoms with van der Waals surface area (Å²) in [6.07, 6.45) is 2.57. The SMILES string of the molecule is CC(=O)Nc1c(C)cc(S(=O)(=O)NCCCc2ccc(N3CCc4ccccc4C3)cc2)cc1C. The van der Waals surface area contributed by atoms with E-state index in [9.17, 15) is 13.2 Å². The average molecular weight is 492 g/mol. The fourth-order valence-electron chi connectivity index (χ4n) is 4.62. The summed E-state index contributed by atoms with van der Waals surface area (Å²) in [5.74, 6) is -0.181. The monoisotopic (exact) mass is 491 g/mol. The quantitative estimate of drug-likeness (QED) is 0.447. The van der Waals surface area contributed by atoms with Gasteiger partial charge in [0.15, 0.2) is 0 Å². The van der Waals surface area contributed by atoms with Crippen molar-refractivity contribution in [3.63, 3.8) is 0 Å². The Kier molecular flexibility index (Phi) is 7.57. The Hall–Kier alpha value is -3.16. The number of sulfonamides is 1. The van der Waals surface area contributed by atoms with Crippen molar-refractivity contribution < 1.29 is 13.2 Å². The maximum atomic E-state index is 12.8. The van der Waals surface area contributed by atoms with Gasteiger partial charge >= 0.3 is 0 Å². The molecule has 0 fully saturated rings. The number of carbonyl (C=O) groups excluding carboxylic acids is 1. The van der Waals surface area contributed by atoms with E-state index in [-0.39, 0.29) is 10.8 Å². The normalized spacial score (nSPS) is 13.4. The summed E-state index contributed by atoms with van der Waals surface area (Å²) in [5, 5.41) is 2.76. The number of nitrogens with one attached hydrogen (secondary N) is 2. The Morgan fingerprint density at radius 1 is 0.971 bits per heavy atom. The molecule has 0 aromatic heterocycles. The van der Waals surface area contributed by atoms with Gasteiger partial charge < -0.3 is 10.2 Å². The van der Waals surface area contributed by atoms with Gasteiger partial charge in [0, 0.05) is 37.9 Å². The van der Waals surface area contributed by atoms with Crippen LogP contribution in [0.2, 0.25) is 0 Å². The van der Waals surface area contributed by atoms with Crippen LogP contribution in [0, 0.1) is 13.8 Å². The molecule has 1 aliphatic rings. The van der Waals surface area contributed by atoms with Gasteiger partial charge in [-0.05, 0) is 85.2 Å². The zero-order valence-electron chi connectivity index (χ0n) is 20.6. The molecule has 0 aliphatic carbocycles. The molecule has 0 radical (unpaired) electrons. The van der Waals surface area contributed by atoms with E-state index in [0.717, 1.165) is 37.1 Å². The fraction of sp³-hybridized carbons (Fsp3) is 0.321. The largest absolute Gasteiger partial charge is 0.367 e. The molecule has 0 saturated carbocycles. The molecule has 4 rings (SSSR count). The highest BCUT2D eigenvalue weighted by atomic mass is 32.2. The summed E-state index contributed by atoms with van der Waals surface area (Å²) in [5.41, 5.74) is 7.35. The van der Waals surface area contributed by atoms with Gasteiger partial charge in [-0.2, -0.15) is 0 Å². The molecule has 3 aromatic carbocycles. The number of fused-ring (bicyclic) bond motifs is 1. The Bertz CT molecular complexity index is 1290. The molecule has 2 N–H and O–H groups in total. The minimum Gasteiger partial charge on any atom is -0.367 e. The Balaban J connectivity index is 1.30. The van der Waals surface area contributed by atoms with Gasteiger partial charge in [0.2, 0.25) is 15.9 Å². The highest BCUT2D eigenvalue weighted by Gasteiger charge is 2.18. The number of hydrogen-bond donors (Lipinski definition) is 2. The number of amides is 1. The van der Waals surface area contributed by atoms with E-state index in [0.29, 0.717) is 18.7 Å². The zero-order valence-corrected chi connectivity index (χ0v) is 21.4. The zero-order chi connectivity index (χ0) is 25.0. The number of benzene rings is 3. The van der Waals surface area contributed by atoms with Crippen LogP contribution in [0.5, 0.6) is 0 Å². The van der Waals surface area contributed by atoms with Crippen LogP contribution in [0.15, 0.2) is 65.6 Å². The van der Waals surface area contributed by atoms with Crippen LogP contribution in [-0.4, -0.2) is 27.4 Å². The number of nitrogens with zero attached hydrogens (tertiary/aromatic N) is 1. The number of anilines is 2. The van der Waals surface area contributed by atoms with Crippen molar-refractivity contribution in [2.45, 2.75) is 51.5 Å². The summed E-state index contributed by atoms with van der Waals surface area (Å²) in [6, 6.07) is 20.4. The maximum absolute atomic E-state index is 12.8. The lowest BCUT2D eigenvalue weighted by Gasteiger charge is -2.30. The molecule has 0 saturated heterocycles. The molecule has 0 atom stereocenters. The second-order valence-electron chi connectivity index (χ2n) is 9.22. The Morgan fingerprint density at radius 3 is 2.29 bits per heavy atom. The molecule has 1 amide bonds. The van der Waals surface area contributed by atoms with Crippen LogP contribution < -0.4 is 14.9 Å². The van der Waals surface area contributed by atoms with E-state index in [2.05, 4.69) is 63.5 Å². The van der Waals surface area contributed by atoms with Gasteiger partial charge in [-0.3, -0.25) is 4.79 Å². The number of aryl methyl sites for hydroxylation is 3. The van der Waals surface area contributed by atoms with Crippen molar-refractivity contribution >= 4 is 27.3 Å². The second kappa shape index (κ2) is 10.6. The van der Waals surface area contributed by atoms with Crippen LogP contribution >= 0.6 is 0 Å². The lowest BCUT2D eigenvalue weighted by atomic mass is 9.99. The molecule has 1 heterocycles. The third kappa shape index (κ3) is 6.10. The number of rotatable bonds is 8. The van der Waals surface area contributed by atoms with Gasteiger partial charge in [0.1, 0.15) is 0 Å². The standard InChI is InChI=1S/C28H33N3O3S/c1-20-17-27(18-21(2)28(20)30-22(3)32)35(33,34)29-15-6-7-23-10-12-26(13-11-23)31-16-14-24-8-4-5-9-25(24)19-31/h4-5,8-13,17-18,29H,6-7,14-16,19H2,1-3H3,(H,30,32). The summed E-state index contributed by atoms with van der Waals surface area (Å²) < 4.78 is 28.3. The number of carbonyl (C=O) groups is 1. The number of hydrogen-bond acceptors (Lipinski definition) is 4. The molecule has 0 unspecified atom stereocenters. The van der Waals surface area contributed by atoms with Crippen LogP contribution in [-0.2, 0) is 34.2 Å². The Labute approximate surface area is 208 Å². The van der Waals surface area contributed by atoms with Crippen molar-refractivity contribution in [2.75, 3.05) is 23.3 Å². The van der Waals surface area contributed by atoms with Crippen LogP contribution in [0.25, 0.3) is 0 Å². The van der Waals surface area contributed by atoms with Gasteiger partial charge in [0.05, 0.1) is 4.90 Å². The predicted octanol–water partition coefficient (Wildman–Crippen LogP) is 4.74. The van der Waals surface area contributed by atoms with Crippen molar-refractivity contribution in [3.8, 4) is 0 Å². The smallest absolute Gasteiger partial charge is 0.240 e. The van der Waals surface area contributed by atoms with Crippen molar-refractivity contribution in [2.24, 2.45) is 0 Å². The first-order valence-electron chi connectivity index (χ1n) is 12.0. The topological polar surface area (TPSA) is 78.5 Å². The molecule has 0 spiro atoms. The van der Waals surface area contributed by atoms with E-state index in [1.54, 1.807) is 26.0 Å². The third-order valence-corrected chi connectivity index (χ3v) is 7.92. The first-order valence-corrected chi connectivity index (χ1v) is 13.5.